The van der Waals surface area contributed by atoms with Crippen LogP contribution in [0.2, 0.25) is 0 Å². The predicted octanol–water partition coefficient (Wildman–Crippen LogP) is 4.82. The molecule has 2 aromatic heterocycles. The molecule has 2 aromatic carbocycles. The zero-order valence-corrected chi connectivity index (χ0v) is 17.1. The fourth-order valence-electron chi connectivity index (χ4n) is 3.80. The minimum absolute atomic E-state index is 0.0558. The highest BCUT2D eigenvalue weighted by Gasteiger charge is 2.36. The number of hydrogen-bond donors (Lipinski definition) is 1. The topological polar surface area (TPSA) is 120 Å². The third kappa shape index (κ3) is 3.67. The third-order valence-corrected chi connectivity index (χ3v) is 5.25. The average Bonchev–Trinajstić information content (AvgIpc) is 2.78. The van der Waals surface area contributed by atoms with Gasteiger partial charge < -0.3 is 14.5 Å². The second-order valence-corrected chi connectivity index (χ2v) is 7.38. The van der Waals surface area contributed by atoms with Crippen LogP contribution in [0.5, 0.6) is 11.6 Å². The Balaban J connectivity index is 1.67. The van der Waals surface area contributed by atoms with E-state index in [1.807, 2.05) is 0 Å². The number of non-ortho nitro benzene ring substituents is 1. The lowest BCUT2D eigenvalue weighted by molar-refractivity contribution is -0.384. The van der Waals surface area contributed by atoms with E-state index in [2.05, 4.69) is 15.3 Å². The van der Waals surface area contributed by atoms with Crippen molar-refractivity contribution >= 4 is 17.2 Å². The lowest BCUT2D eigenvalue weighted by atomic mass is 9.84. The van der Waals surface area contributed by atoms with E-state index >= 15 is 0 Å². The van der Waals surface area contributed by atoms with Crippen molar-refractivity contribution in [1.82, 2.24) is 9.97 Å². The van der Waals surface area contributed by atoms with E-state index < -0.39 is 22.3 Å². The molecule has 0 saturated heterocycles. The molecule has 1 atom stereocenters. The first-order valence-corrected chi connectivity index (χ1v) is 9.85. The van der Waals surface area contributed by atoms with Gasteiger partial charge in [0, 0.05) is 23.9 Å². The summed E-state index contributed by atoms with van der Waals surface area (Å²) in [6, 6.07) is 13.1. The van der Waals surface area contributed by atoms with Gasteiger partial charge in [-0.3, -0.25) is 10.1 Å². The number of anilines is 2. The molecule has 0 saturated carbocycles. The van der Waals surface area contributed by atoms with Crippen molar-refractivity contribution in [2.45, 2.75) is 12.8 Å². The SMILES string of the molecule is Cc1cc2c(c(=O)o1)C(c1ccc(F)cc1)c1c(Nc3ccc([N+](=O)[O-])cc3)ncnc1O2. The highest BCUT2D eigenvalue weighted by molar-refractivity contribution is 5.68. The number of nitro benzene ring substituents is 1. The molecule has 3 heterocycles. The summed E-state index contributed by atoms with van der Waals surface area (Å²) < 4.78 is 24.9. The quantitative estimate of drug-likeness (QED) is 0.308. The Kier molecular flexibility index (Phi) is 4.82. The van der Waals surface area contributed by atoms with Crippen LogP contribution in [0.1, 0.15) is 28.4 Å². The van der Waals surface area contributed by atoms with E-state index in [4.69, 9.17) is 9.15 Å². The molecule has 1 aliphatic heterocycles. The van der Waals surface area contributed by atoms with E-state index in [1.54, 1.807) is 25.1 Å². The maximum absolute atomic E-state index is 13.6. The Hall–Kier alpha value is -4.60. The summed E-state index contributed by atoms with van der Waals surface area (Å²) in [7, 11) is 0. The summed E-state index contributed by atoms with van der Waals surface area (Å²) in [5.74, 6) is 0.0950. The molecule has 0 amide bonds. The van der Waals surface area contributed by atoms with Gasteiger partial charge in [-0.25, -0.2) is 19.2 Å². The maximum Gasteiger partial charge on any atom is 0.343 e. The number of aryl methyl sites for hydroxylation is 1. The number of halogens is 1. The zero-order chi connectivity index (χ0) is 23.1. The molecule has 1 N–H and O–H groups in total. The van der Waals surface area contributed by atoms with Gasteiger partial charge in [0.05, 0.1) is 22.0 Å². The largest absolute Gasteiger partial charge is 0.438 e. The van der Waals surface area contributed by atoms with Crippen molar-refractivity contribution in [3.05, 3.63) is 110 Å². The molecule has 10 heteroatoms. The summed E-state index contributed by atoms with van der Waals surface area (Å²) in [5.41, 5.74) is 1.18. The van der Waals surface area contributed by atoms with Crippen molar-refractivity contribution in [2.24, 2.45) is 0 Å². The molecule has 4 aromatic rings. The molecule has 1 unspecified atom stereocenters. The van der Waals surface area contributed by atoms with Gasteiger partial charge in [0.2, 0.25) is 5.88 Å². The van der Waals surface area contributed by atoms with Gasteiger partial charge in [-0.1, -0.05) is 12.1 Å². The fraction of sp³-hybridized carbons (Fsp3) is 0.0870. The van der Waals surface area contributed by atoms with E-state index in [1.165, 1.54) is 42.7 Å². The number of nitrogens with zero attached hydrogens (tertiary/aromatic N) is 3. The number of fused-ring (bicyclic) bond motifs is 2. The number of rotatable bonds is 4. The summed E-state index contributed by atoms with van der Waals surface area (Å²) in [5, 5.41) is 14.1. The minimum Gasteiger partial charge on any atom is -0.438 e. The van der Waals surface area contributed by atoms with Crippen molar-refractivity contribution in [2.75, 3.05) is 5.32 Å². The van der Waals surface area contributed by atoms with Crippen molar-refractivity contribution < 1.29 is 18.5 Å². The molecule has 33 heavy (non-hydrogen) atoms. The predicted molar refractivity (Wildman–Crippen MR) is 116 cm³/mol. The normalized spacial score (nSPS) is 14.1. The summed E-state index contributed by atoms with van der Waals surface area (Å²) in [6.07, 6.45) is 1.30. The molecule has 164 valence electrons. The van der Waals surface area contributed by atoms with Crippen LogP contribution in [0.3, 0.4) is 0 Å². The van der Waals surface area contributed by atoms with Crippen molar-refractivity contribution in [1.29, 1.82) is 0 Å². The standard InChI is InChI=1S/C23H15FN4O5/c1-12-10-17-19(23(29)32-12)18(13-2-4-14(24)5-3-13)20-21(25-11-26-22(20)33-17)27-15-6-8-16(9-7-15)28(30)31/h2-11,18H,1H3,(H,25,26,27). The number of benzene rings is 2. The molecule has 1 aliphatic rings. The van der Waals surface area contributed by atoms with Crippen molar-refractivity contribution in [3.8, 4) is 11.6 Å². The Morgan fingerprint density at radius 3 is 2.48 bits per heavy atom. The van der Waals surface area contributed by atoms with E-state index in [0.29, 0.717) is 34.1 Å². The van der Waals surface area contributed by atoms with Crippen LogP contribution in [-0.2, 0) is 0 Å². The smallest absolute Gasteiger partial charge is 0.343 e. The zero-order valence-electron chi connectivity index (χ0n) is 17.1. The molecular formula is C23H15FN4O5. The Morgan fingerprint density at radius 2 is 1.79 bits per heavy atom. The van der Waals surface area contributed by atoms with Crippen LogP contribution in [0.15, 0.2) is 70.1 Å². The first-order chi connectivity index (χ1) is 15.9. The lowest BCUT2D eigenvalue weighted by Crippen LogP contribution is -2.22. The Morgan fingerprint density at radius 1 is 1.06 bits per heavy atom. The van der Waals surface area contributed by atoms with Crippen LogP contribution >= 0.6 is 0 Å². The van der Waals surface area contributed by atoms with Crippen LogP contribution in [-0.4, -0.2) is 14.9 Å². The number of nitro groups is 1. The van der Waals surface area contributed by atoms with Gasteiger partial charge >= 0.3 is 5.63 Å². The summed E-state index contributed by atoms with van der Waals surface area (Å²) in [6.45, 7) is 1.63. The Labute approximate surface area is 185 Å². The molecule has 0 bridgehead atoms. The molecule has 0 radical (unpaired) electrons. The van der Waals surface area contributed by atoms with Crippen molar-refractivity contribution in [3.63, 3.8) is 0 Å². The number of aromatic nitrogens is 2. The molecular weight excluding hydrogens is 431 g/mol. The molecule has 5 rings (SSSR count). The maximum atomic E-state index is 13.6. The van der Waals surface area contributed by atoms with Crippen LogP contribution in [0.25, 0.3) is 0 Å². The number of ether oxygens (including phenoxy) is 1. The number of nitrogens with one attached hydrogen (secondary N) is 1. The molecule has 0 fully saturated rings. The second kappa shape index (κ2) is 7.83. The fourth-order valence-corrected chi connectivity index (χ4v) is 3.80. The third-order valence-electron chi connectivity index (χ3n) is 5.25. The first kappa shape index (κ1) is 20.3. The molecule has 9 nitrogen and oxygen atoms in total. The van der Waals surface area contributed by atoms with E-state index in [-0.39, 0.29) is 17.1 Å². The molecule has 0 spiro atoms. The summed E-state index contributed by atoms with van der Waals surface area (Å²) >= 11 is 0. The monoisotopic (exact) mass is 446 g/mol. The van der Waals surface area contributed by atoms with Gasteiger partial charge in [0.1, 0.15) is 29.5 Å². The van der Waals surface area contributed by atoms with Gasteiger partial charge in [-0.2, -0.15) is 0 Å². The highest BCUT2D eigenvalue weighted by Crippen LogP contribution is 2.47. The van der Waals surface area contributed by atoms with Crippen LogP contribution in [0, 0.1) is 22.9 Å². The van der Waals surface area contributed by atoms with Gasteiger partial charge in [-0.05, 0) is 36.8 Å². The van der Waals surface area contributed by atoms with E-state index in [0.717, 1.165) is 0 Å². The average molecular weight is 446 g/mol. The first-order valence-electron chi connectivity index (χ1n) is 9.85. The second-order valence-electron chi connectivity index (χ2n) is 7.38. The summed E-state index contributed by atoms with van der Waals surface area (Å²) in [4.78, 5) is 31.9. The van der Waals surface area contributed by atoms with Gasteiger partial charge in [0.25, 0.3) is 5.69 Å². The van der Waals surface area contributed by atoms with Gasteiger partial charge in [0.15, 0.2) is 0 Å². The highest BCUT2D eigenvalue weighted by atomic mass is 19.1. The van der Waals surface area contributed by atoms with Crippen LogP contribution < -0.4 is 15.7 Å². The molecule has 0 aliphatic carbocycles. The lowest BCUT2D eigenvalue weighted by Gasteiger charge is -2.28. The van der Waals surface area contributed by atoms with Crippen LogP contribution in [0.4, 0.5) is 21.6 Å². The minimum atomic E-state index is -0.706. The Bertz CT molecular complexity index is 1440. The van der Waals surface area contributed by atoms with Gasteiger partial charge in [-0.15, -0.1) is 0 Å². The van der Waals surface area contributed by atoms with E-state index in [9.17, 15) is 19.3 Å². The number of hydrogen-bond acceptors (Lipinski definition) is 8.